The quantitative estimate of drug-likeness (QED) is 0.734. The second-order valence-corrected chi connectivity index (χ2v) is 6.62. The number of rotatable bonds is 8. The van der Waals surface area contributed by atoms with E-state index in [2.05, 4.69) is 37.7 Å². The van der Waals surface area contributed by atoms with Gasteiger partial charge in [0.2, 0.25) is 0 Å². The van der Waals surface area contributed by atoms with Crippen molar-refractivity contribution in [2.24, 2.45) is 17.6 Å². The Morgan fingerprint density at radius 1 is 1.05 bits per heavy atom. The van der Waals surface area contributed by atoms with Crippen LogP contribution in [0.5, 0.6) is 0 Å². The van der Waals surface area contributed by atoms with Crippen LogP contribution in [0, 0.1) is 11.8 Å². The van der Waals surface area contributed by atoms with Crippen LogP contribution in [0.4, 0.5) is 0 Å². The summed E-state index contributed by atoms with van der Waals surface area (Å²) < 4.78 is 0. The molecule has 0 spiro atoms. The summed E-state index contributed by atoms with van der Waals surface area (Å²) in [7, 11) is 4.31. The van der Waals surface area contributed by atoms with Crippen molar-refractivity contribution in [2.75, 3.05) is 40.3 Å². The van der Waals surface area contributed by atoms with Crippen LogP contribution < -0.4 is 5.73 Å². The summed E-state index contributed by atoms with van der Waals surface area (Å²) in [5.41, 5.74) is 6.36. The lowest BCUT2D eigenvalue weighted by molar-refractivity contribution is 0.146. The van der Waals surface area contributed by atoms with Gasteiger partial charge in [0.25, 0.3) is 0 Å². The highest BCUT2D eigenvalue weighted by molar-refractivity contribution is 4.84. The normalized spacial score (nSPS) is 28.3. The van der Waals surface area contributed by atoms with Crippen molar-refractivity contribution in [3.05, 3.63) is 0 Å². The zero-order chi connectivity index (χ0) is 14.3. The van der Waals surface area contributed by atoms with E-state index in [1.807, 2.05) is 0 Å². The zero-order valence-electron chi connectivity index (χ0n) is 13.6. The SMILES string of the molecule is CCCN(CCN(C)C)CC1CC(CC)CCC1N. The molecule has 0 aliphatic heterocycles. The number of nitrogens with zero attached hydrogens (tertiary/aromatic N) is 2. The Morgan fingerprint density at radius 3 is 2.37 bits per heavy atom. The van der Waals surface area contributed by atoms with Crippen molar-refractivity contribution in [2.45, 2.75) is 52.0 Å². The van der Waals surface area contributed by atoms with Gasteiger partial charge in [-0.05, 0) is 58.2 Å². The Bertz CT molecular complexity index is 230. The average molecular weight is 269 g/mol. The summed E-state index contributed by atoms with van der Waals surface area (Å²) in [6.07, 6.45) is 6.50. The lowest BCUT2D eigenvalue weighted by Crippen LogP contribution is -2.44. The fourth-order valence-corrected chi connectivity index (χ4v) is 3.25. The fourth-order valence-electron chi connectivity index (χ4n) is 3.25. The van der Waals surface area contributed by atoms with Crippen LogP contribution in [-0.4, -0.2) is 56.1 Å². The van der Waals surface area contributed by atoms with E-state index in [-0.39, 0.29) is 0 Å². The maximum Gasteiger partial charge on any atom is 0.0109 e. The van der Waals surface area contributed by atoms with Gasteiger partial charge in [0.1, 0.15) is 0 Å². The van der Waals surface area contributed by atoms with Gasteiger partial charge in [-0.15, -0.1) is 0 Å². The van der Waals surface area contributed by atoms with E-state index < -0.39 is 0 Å². The van der Waals surface area contributed by atoms with E-state index in [0.29, 0.717) is 12.0 Å². The second kappa shape index (κ2) is 8.93. The van der Waals surface area contributed by atoms with Gasteiger partial charge in [0.05, 0.1) is 0 Å². The molecule has 3 unspecified atom stereocenters. The molecule has 0 bridgehead atoms. The van der Waals surface area contributed by atoms with E-state index in [0.717, 1.165) is 12.5 Å². The van der Waals surface area contributed by atoms with Crippen molar-refractivity contribution < 1.29 is 0 Å². The van der Waals surface area contributed by atoms with Gasteiger partial charge >= 0.3 is 0 Å². The van der Waals surface area contributed by atoms with Crippen LogP contribution in [0.25, 0.3) is 0 Å². The average Bonchev–Trinajstić information content (AvgIpc) is 2.38. The smallest absolute Gasteiger partial charge is 0.0109 e. The van der Waals surface area contributed by atoms with Crippen molar-refractivity contribution in [3.8, 4) is 0 Å². The van der Waals surface area contributed by atoms with Crippen LogP contribution in [0.3, 0.4) is 0 Å². The van der Waals surface area contributed by atoms with Crippen molar-refractivity contribution in [3.63, 3.8) is 0 Å². The highest BCUT2D eigenvalue weighted by Crippen LogP contribution is 2.30. The fraction of sp³-hybridized carbons (Fsp3) is 1.00. The molecule has 1 aliphatic rings. The Hall–Kier alpha value is -0.120. The molecule has 0 aromatic carbocycles. The molecule has 0 amide bonds. The maximum atomic E-state index is 6.36. The Labute approximate surface area is 120 Å². The van der Waals surface area contributed by atoms with E-state index in [9.17, 15) is 0 Å². The minimum atomic E-state index is 0.432. The number of hydrogen-bond donors (Lipinski definition) is 1. The van der Waals surface area contributed by atoms with Crippen molar-refractivity contribution in [1.82, 2.24) is 9.80 Å². The first-order chi connectivity index (χ1) is 9.06. The second-order valence-electron chi connectivity index (χ2n) is 6.62. The molecular formula is C16H35N3. The molecule has 0 aromatic rings. The molecule has 3 atom stereocenters. The van der Waals surface area contributed by atoms with E-state index in [1.54, 1.807) is 0 Å². The molecule has 2 N–H and O–H groups in total. The topological polar surface area (TPSA) is 32.5 Å². The minimum Gasteiger partial charge on any atom is -0.327 e. The molecule has 0 aromatic heterocycles. The molecule has 0 saturated heterocycles. The predicted molar refractivity (Wildman–Crippen MR) is 84.4 cm³/mol. The minimum absolute atomic E-state index is 0.432. The standard InChI is InChI=1S/C16H35N3/c1-5-9-19(11-10-18(3)4)13-15-12-14(6-2)7-8-16(15)17/h14-16H,5-13,17H2,1-4H3. The van der Waals surface area contributed by atoms with Crippen molar-refractivity contribution >= 4 is 0 Å². The predicted octanol–water partition coefficient (Wildman–Crippen LogP) is 2.41. The van der Waals surface area contributed by atoms with Crippen molar-refractivity contribution in [1.29, 1.82) is 0 Å². The first-order valence-corrected chi connectivity index (χ1v) is 8.19. The third-order valence-corrected chi connectivity index (χ3v) is 4.62. The molecule has 19 heavy (non-hydrogen) atoms. The molecule has 114 valence electrons. The van der Waals surface area contributed by atoms with Crippen LogP contribution in [0.2, 0.25) is 0 Å². The summed E-state index contributed by atoms with van der Waals surface area (Å²) in [6, 6.07) is 0.432. The Morgan fingerprint density at radius 2 is 1.79 bits per heavy atom. The highest BCUT2D eigenvalue weighted by atomic mass is 15.2. The first-order valence-electron chi connectivity index (χ1n) is 8.19. The van der Waals surface area contributed by atoms with E-state index in [1.165, 1.54) is 51.7 Å². The number of likely N-dealkylation sites (N-methyl/N-ethyl adjacent to an activating group) is 1. The summed E-state index contributed by atoms with van der Waals surface area (Å²) in [5, 5.41) is 0. The van der Waals surface area contributed by atoms with Gasteiger partial charge in [-0.1, -0.05) is 20.3 Å². The van der Waals surface area contributed by atoms with E-state index >= 15 is 0 Å². The van der Waals surface area contributed by atoms with Gasteiger partial charge < -0.3 is 15.5 Å². The van der Waals surface area contributed by atoms with E-state index in [4.69, 9.17) is 5.73 Å². The molecule has 3 heteroatoms. The third kappa shape index (κ3) is 6.24. The largest absolute Gasteiger partial charge is 0.327 e. The lowest BCUT2D eigenvalue weighted by atomic mass is 9.77. The summed E-state index contributed by atoms with van der Waals surface area (Å²) in [6.45, 7) is 9.36. The monoisotopic (exact) mass is 269 g/mol. The molecular weight excluding hydrogens is 234 g/mol. The summed E-state index contributed by atoms with van der Waals surface area (Å²) >= 11 is 0. The van der Waals surface area contributed by atoms with Crippen LogP contribution in [0.15, 0.2) is 0 Å². The van der Waals surface area contributed by atoms with Gasteiger partial charge in [0, 0.05) is 25.7 Å². The molecule has 1 rings (SSSR count). The molecule has 0 heterocycles. The van der Waals surface area contributed by atoms with Gasteiger partial charge in [-0.25, -0.2) is 0 Å². The molecule has 3 nitrogen and oxygen atoms in total. The van der Waals surface area contributed by atoms with Gasteiger partial charge in [0.15, 0.2) is 0 Å². The van der Waals surface area contributed by atoms with Crippen LogP contribution >= 0.6 is 0 Å². The van der Waals surface area contributed by atoms with Gasteiger partial charge in [-0.2, -0.15) is 0 Å². The lowest BCUT2D eigenvalue weighted by Gasteiger charge is -2.37. The zero-order valence-corrected chi connectivity index (χ0v) is 13.6. The Kier molecular flexibility index (Phi) is 7.96. The maximum absolute atomic E-state index is 6.36. The highest BCUT2D eigenvalue weighted by Gasteiger charge is 2.28. The van der Waals surface area contributed by atoms with Crippen LogP contribution in [-0.2, 0) is 0 Å². The third-order valence-electron chi connectivity index (χ3n) is 4.62. The molecule has 0 radical (unpaired) electrons. The summed E-state index contributed by atoms with van der Waals surface area (Å²) in [5.74, 6) is 1.63. The molecule has 1 aliphatic carbocycles. The Balaban J connectivity index is 2.45. The van der Waals surface area contributed by atoms with Crippen LogP contribution in [0.1, 0.15) is 46.0 Å². The first kappa shape index (κ1) is 16.9. The number of nitrogens with two attached hydrogens (primary N) is 1. The van der Waals surface area contributed by atoms with Gasteiger partial charge in [-0.3, -0.25) is 0 Å². The molecule has 1 saturated carbocycles. The molecule has 1 fully saturated rings. The summed E-state index contributed by atoms with van der Waals surface area (Å²) in [4.78, 5) is 4.90. The number of hydrogen-bond acceptors (Lipinski definition) is 3.